The van der Waals surface area contributed by atoms with Crippen LogP contribution in [0.5, 0.6) is 0 Å². The van der Waals surface area contributed by atoms with Crippen LogP contribution in [0.1, 0.15) is 30.1 Å². The number of ether oxygens (including phenoxy) is 1. The first-order valence-electron chi connectivity index (χ1n) is 11.0. The highest BCUT2D eigenvalue weighted by Gasteiger charge is 2.31. The Morgan fingerprint density at radius 3 is 2.61 bits per heavy atom. The molecule has 1 unspecified atom stereocenters. The van der Waals surface area contributed by atoms with Gasteiger partial charge >= 0.3 is 0 Å². The van der Waals surface area contributed by atoms with Gasteiger partial charge in [0.15, 0.2) is 0 Å². The van der Waals surface area contributed by atoms with Gasteiger partial charge in [-0.1, -0.05) is 18.5 Å². The maximum atomic E-state index is 14.7. The Bertz CT molecular complexity index is 1140. The molecule has 2 saturated heterocycles. The molecule has 10 heteroatoms. The average Bonchev–Trinajstić information content (AvgIpc) is 2.80. The zero-order valence-corrected chi connectivity index (χ0v) is 20.0. The average molecular weight is 496 g/mol. The number of anilines is 2. The topological polar surface area (TPSA) is 79.0 Å². The van der Waals surface area contributed by atoms with Gasteiger partial charge < -0.3 is 15.0 Å². The number of carbonyl (C=O) groups is 1. The Hall–Kier alpha value is -2.20. The summed E-state index contributed by atoms with van der Waals surface area (Å²) in [7, 11) is -3.83. The molecule has 0 bridgehead atoms. The molecule has 2 fully saturated rings. The summed E-state index contributed by atoms with van der Waals surface area (Å²) in [6, 6.07) is 8.63. The monoisotopic (exact) mass is 495 g/mol. The molecule has 2 aliphatic heterocycles. The van der Waals surface area contributed by atoms with Crippen LogP contribution in [0.4, 0.5) is 15.8 Å². The first kappa shape index (κ1) is 23.9. The van der Waals surface area contributed by atoms with Gasteiger partial charge in [-0.15, -0.1) is 0 Å². The molecule has 33 heavy (non-hydrogen) atoms. The number of amides is 1. The summed E-state index contributed by atoms with van der Waals surface area (Å²) in [4.78, 5) is 14.6. The number of morpholine rings is 1. The lowest BCUT2D eigenvalue weighted by atomic mass is 10.0. The van der Waals surface area contributed by atoms with Crippen LogP contribution >= 0.6 is 11.6 Å². The standard InChI is InChI=1S/C23H27ClFN3O4S/c1-16-3-2-8-28(15-16)33(30,31)22-13-17(4-6-19(22)24)23(29)26-18-5-7-21(20(25)14-18)27-9-11-32-12-10-27/h4-7,13-14,16H,2-3,8-12,15H2,1H3,(H,26,29). The maximum absolute atomic E-state index is 14.7. The lowest BCUT2D eigenvalue weighted by Crippen LogP contribution is -2.39. The smallest absolute Gasteiger partial charge is 0.255 e. The third kappa shape index (κ3) is 5.32. The zero-order chi connectivity index (χ0) is 23.6. The summed E-state index contributed by atoms with van der Waals surface area (Å²) in [5.74, 6) is -0.740. The van der Waals surface area contributed by atoms with Crippen LogP contribution in [0.3, 0.4) is 0 Å². The number of benzene rings is 2. The molecule has 0 saturated carbocycles. The predicted octanol–water partition coefficient (Wildman–Crippen LogP) is 3.99. The SMILES string of the molecule is CC1CCCN(S(=O)(=O)c2cc(C(=O)Nc3ccc(N4CCOCC4)c(F)c3)ccc2Cl)C1. The summed E-state index contributed by atoms with van der Waals surface area (Å²) in [5, 5.41) is 2.70. The fourth-order valence-corrected chi connectivity index (χ4v) is 6.29. The van der Waals surface area contributed by atoms with E-state index in [1.807, 2.05) is 11.8 Å². The van der Waals surface area contributed by atoms with Crippen molar-refractivity contribution >= 4 is 38.9 Å². The van der Waals surface area contributed by atoms with Gasteiger partial charge in [-0.25, -0.2) is 12.8 Å². The van der Waals surface area contributed by atoms with E-state index in [9.17, 15) is 17.6 Å². The van der Waals surface area contributed by atoms with Crippen molar-refractivity contribution in [3.05, 3.63) is 52.8 Å². The third-order valence-corrected chi connectivity index (χ3v) is 8.33. The quantitative estimate of drug-likeness (QED) is 0.678. The first-order chi connectivity index (χ1) is 15.8. The molecule has 2 aromatic carbocycles. The first-order valence-corrected chi connectivity index (χ1v) is 12.8. The van der Waals surface area contributed by atoms with Gasteiger partial charge in [0.05, 0.1) is 23.9 Å². The Balaban J connectivity index is 1.53. The van der Waals surface area contributed by atoms with E-state index < -0.39 is 21.7 Å². The van der Waals surface area contributed by atoms with Crippen LogP contribution in [0.2, 0.25) is 5.02 Å². The minimum atomic E-state index is -3.83. The van der Waals surface area contributed by atoms with Crippen molar-refractivity contribution in [3.63, 3.8) is 0 Å². The normalized spacial score (nSPS) is 20.0. The molecule has 1 N–H and O–H groups in total. The van der Waals surface area contributed by atoms with Gasteiger partial charge in [-0.2, -0.15) is 4.31 Å². The van der Waals surface area contributed by atoms with Crippen molar-refractivity contribution in [1.29, 1.82) is 0 Å². The molecule has 4 rings (SSSR count). The molecule has 0 aliphatic carbocycles. The molecular formula is C23H27ClFN3O4S. The number of rotatable bonds is 5. The van der Waals surface area contributed by atoms with Crippen molar-refractivity contribution in [2.24, 2.45) is 5.92 Å². The third-order valence-electron chi connectivity index (χ3n) is 5.99. The molecular weight excluding hydrogens is 469 g/mol. The lowest BCUT2D eigenvalue weighted by molar-refractivity contribution is 0.102. The maximum Gasteiger partial charge on any atom is 0.255 e. The second-order valence-electron chi connectivity index (χ2n) is 8.48. The van der Waals surface area contributed by atoms with Gasteiger partial charge in [0.25, 0.3) is 5.91 Å². The minimum Gasteiger partial charge on any atom is -0.378 e. The van der Waals surface area contributed by atoms with Crippen molar-refractivity contribution in [2.75, 3.05) is 49.6 Å². The molecule has 0 spiro atoms. The molecule has 1 atom stereocenters. The number of hydrogen-bond donors (Lipinski definition) is 1. The molecule has 2 aliphatic rings. The fourth-order valence-electron chi connectivity index (χ4n) is 4.19. The van der Waals surface area contributed by atoms with Crippen LogP contribution in [-0.2, 0) is 14.8 Å². The van der Waals surface area contributed by atoms with Gasteiger partial charge in [0.1, 0.15) is 10.7 Å². The van der Waals surface area contributed by atoms with Crippen molar-refractivity contribution < 1.29 is 22.3 Å². The van der Waals surface area contributed by atoms with Crippen molar-refractivity contribution in [2.45, 2.75) is 24.7 Å². The summed E-state index contributed by atoms with van der Waals surface area (Å²) in [6.07, 6.45) is 1.76. The van der Waals surface area contributed by atoms with Gasteiger partial charge in [0.2, 0.25) is 10.0 Å². The van der Waals surface area contributed by atoms with Crippen molar-refractivity contribution in [3.8, 4) is 0 Å². The zero-order valence-electron chi connectivity index (χ0n) is 18.4. The lowest BCUT2D eigenvalue weighted by Gasteiger charge is -2.30. The van der Waals surface area contributed by atoms with Crippen LogP contribution in [-0.4, -0.2) is 58.0 Å². The number of sulfonamides is 1. The van der Waals surface area contributed by atoms with Gasteiger partial charge in [-0.3, -0.25) is 4.79 Å². The number of carbonyl (C=O) groups excluding carboxylic acids is 1. The number of nitrogens with one attached hydrogen (secondary N) is 1. The number of halogens is 2. The summed E-state index contributed by atoms with van der Waals surface area (Å²) >= 11 is 6.21. The highest BCUT2D eigenvalue weighted by atomic mass is 35.5. The Morgan fingerprint density at radius 2 is 1.91 bits per heavy atom. The number of nitrogens with zero attached hydrogens (tertiary/aromatic N) is 2. The number of hydrogen-bond acceptors (Lipinski definition) is 5. The second kappa shape index (κ2) is 9.97. The Kier molecular flexibility index (Phi) is 7.23. The molecule has 2 heterocycles. The van der Waals surface area contributed by atoms with E-state index in [4.69, 9.17) is 16.3 Å². The predicted molar refractivity (Wildman–Crippen MR) is 126 cm³/mol. The van der Waals surface area contributed by atoms with E-state index in [1.165, 1.54) is 28.6 Å². The van der Waals surface area contributed by atoms with E-state index >= 15 is 0 Å². The van der Waals surface area contributed by atoms with Crippen LogP contribution < -0.4 is 10.2 Å². The van der Waals surface area contributed by atoms with E-state index in [2.05, 4.69) is 5.32 Å². The van der Waals surface area contributed by atoms with Gasteiger partial charge in [-0.05, 0) is 55.2 Å². The molecule has 1 amide bonds. The Morgan fingerprint density at radius 1 is 1.15 bits per heavy atom. The molecule has 178 valence electrons. The highest BCUT2D eigenvalue weighted by molar-refractivity contribution is 7.89. The summed E-state index contributed by atoms with van der Waals surface area (Å²) in [6.45, 7) is 5.13. The van der Waals surface area contributed by atoms with E-state index in [1.54, 1.807) is 12.1 Å². The van der Waals surface area contributed by atoms with Gasteiger partial charge in [0, 0.05) is 37.4 Å². The molecule has 7 nitrogen and oxygen atoms in total. The fraction of sp³-hybridized carbons (Fsp3) is 0.435. The number of piperidine rings is 1. The minimum absolute atomic E-state index is 0.0608. The molecule has 2 aromatic rings. The summed E-state index contributed by atoms with van der Waals surface area (Å²) in [5.41, 5.74) is 0.853. The van der Waals surface area contributed by atoms with E-state index in [0.717, 1.165) is 12.8 Å². The van der Waals surface area contributed by atoms with Crippen LogP contribution in [0.15, 0.2) is 41.3 Å². The second-order valence-corrected chi connectivity index (χ2v) is 10.8. The van der Waals surface area contributed by atoms with E-state index in [-0.39, 0.29) is 27.1 Å². The van der Waals surface area contributed by atoms with Crippen LogP contribution in [0, 0.1) is 11.7 Å². The highest BCUT2D eigenvalue weighted by Crippen LogP contribution is 2.30. The van der Waals surface area contributed by atoms with E-state index in [0.29, 0.717) is 45.1 Å². The van der Waals surface area contributed by atoms with Crippen molar-refractivity contribution in [1.82, 2.24) is 4.31 Å². The van der Waals surface area contributed by atoms with Crippen LogP contribution in [0.25, 0.3) is 0 Å². The molecule has 0 radical (unpaired) electrons. The largest absolute Gasteiger partial charge is 0.378 e. The molecule has 0 aromatic heterocycles. The summed E-state index contributed by atoms with van der Waals surface area (Å²) < 4.78 is 47.7. The Labute approximate surface area is 198 Å².